The molecule has 0 saturated heterocycles. The van der Waals surface area contributed by atoms with E-state index in [1.54, 1.807) is 55.4 Å². The van der Waals surface area contributed by atoms with Crippen LogP contribution in [0.2, 0.25) is 0 Å². The minimum Gasteiger partial charge on any atom is -0.463 e. The minimum absolute atomic E-state index is 0.0870. The van der Waals surface area contributed by atoms with Gasteiger partial charge in [0.05, 0.1) is 50.1 Å². The van der Waals surface area contributed by atoms with Crippen molar-refractivity contribution in [3.8, 4) is 0 Å². The van der Waals surface area contributed by atoms with Gasteiger partial charge >= 0.3 is 23.9 Å². The smallest absolute Gasteiger partial charge is 0.306 e. The van der Waals surface area contributed by atoms with Gasteiger partial charge in [-0.3, -0.25) is 19.2 Å². The van der Waals surface area contributed by atoms with Gasteiger partial charge in [0, 0.05) is 13.1 Å². The van der Waals surface area contributed by atoms with E-state index in [2.05, 4.69) is 0 Å². The number of ether oxygens (including phenoxy) is 4. The normalized spacial score (nSPS) is 10.1. The van der Waals surface area contributed by atoms with Gasteiger partial charge in [-0.2, -0.15) is 0 Å². The largest absolute Gasteiger partial charge is 0.463 e. The Morgan fingerprint density at radius 1 is 0.469 bits per heavy atom. The van der Waals surface area contributed by atoms with E-state index in [4.69, 9.17) is 30.4 Å². The van der Waals surface area contributed by atoms with Gasteiger partial charge in [0.25, 0.3) is 0 Å². The second-order valence-electron chi connectivity index (χ2n) is 7.73. The molecule has 0 rings (SSSR count). The third-order valence-corrected chi connectivity index (χ3v) is 2.70. The molecule has 0 aliphatic rings. The minimum atomic E-state index is -0.360. The van der Waals surface area contributed by atoms with Crippen molar-refractivity contribution in [2.24, 2.45) is 11.5 Å². The highest BCUT2D eigenvalue weighted by Gasteiger charge is 2.12. The van der Waals surface area contributed by atoms with Gasteiger partial charge in [-0.1, -0.05) is 0 Å². The molecule has 0 aromatic rings. The quantitative estimate of drug-likeness (QED) is 0.343. The molecule has 10 heteroatoms. The van der Waals surface area contributed by atoms with Gasteiger partial charge in [-0.05, 0) is 55.4 Å². The molecule has 0 bridgehead atoms. The molecule has 0 unspecified atom stereocenters. The molecule has 190 valence electrons. The third kappa shape index (κ3) is 32.5. The molecular weight excluding hydrogens is 420 g/mol. The van der Waals surface area contributed by atoms with Gasteiger partial charge in [-0.15, -0.1) is 0 Å². The van der Waals surface area contributed by atoms with E-state index in [-0.39, 0.29) is 74.0 Å². The van der Waals surface area contributed by atoms with Crippen LogP contribution in [0.4, 0.5) is 0 Å². The number of hydrogen-bond donors (Lipinski definition) is 2. The summed E-state index contributed by atoms with van der Waals surface area (Å²) >= 11 is 0. The van der Waals surface area contributed by atoms with E-state index in [1.807, 2.05) is 0 Å². The molecule has 32 heavy (non-hydrogen) atoms. The van der Waals surface area contributed by atoms with Crippen molar-refractivity contribution in [2.75, 3.05) is 13.1 Å². The highest BCUT2D eigenvalue weighted by Crippen LogP contribution is 2.01. The zero-order valence-corrected chi connectivity index (χ0v) is 21.0. The van der Waals surface area contributed by atoms with Gasteiger partial charge in [0.15, 0.2) is 0 Å². The van der Waals surface area contributed by atoms with E-state index < -0.39 is 0 Å². The van der Waals surface area contributed by atoms with Crippen molar-refractivity contribution in [1.82, 2.24) is 0 Å². The monoisotopic (exact) mass is 464 g/mol. The van der Waals surface area contributed by atoms with Crippen LogP contribution in [0.15, 0.2) is 0 Å². The first-order valence-electron chi connectivity index (χ1n) is 10.9. The first-order chi connectivity index (χ1) is 14.7. The summed E-state index contributed by atoms with van der Waals surface area (Å²) in [6.45, 7) is 15.3. The maximum absolute atomic E-state index is 11.0. The van der Waals surface area contributed by atoms with Crippen LogP contribution in [0.25, 0.3) is 0 Å². The van der Waals surface area contributed by atoms with Crippen LogP contribution < -0.4 is 11.5 Å². The lowest BCUT2D eigenvalue weighted by molar-refractivity contribution is -0.154. The van der Waals surface area contributed by atoms with Crippen LogP contribution in [0, 0.1) is 0 Å². The zero-order chi connectivity index (χ0) is 25.7. The van der Waals surface area contributed by atoms with Crippen molar-refractivity contribution in [1.29, 1.82) is 0 Å². The van der Waals surface area contributed by atoms with Crippen LogP contribution in [-0.4, -0.2) is 61.4 Å². The molecule has 4 N–H and O–H groups in total. The number of rotatable bonds is 11. The molecule has 0 aliphatic heterocycles. The molecule has 0 aromatic heterocycles. The molecule has 0 aromatic carbocycles. The first kappa shape index (κ1) is 34.4. The summed E-state index contributed by atoms with van der Waals surface area (Å²) in [5, 5.41) is 0. The fourth-order valence-electron chi connectivity index (χ4n) is 1.70. The highest BCUT2D eigenvalue weighted by atomic mass is 16.6. The van der Waals surface area contributed by atoms with Crippen LogP contribution in [0.5, 0.6) is 0 Å². The summed E-state index contributed by atoms with van der Waals surface area (Å²) < 4.78 is 19.4. The molecule has 0 atom stereocenters. The number of nitrogens with two attached hydrogens (primary N) is 2. The van der Waals surface area contributed by atoms with E-state index >= 15 is 0 Å². The molecule has 0 radical (unpaired) electrons. The first-order valence-corrected chi connectivity index (χ1v) is 10.9. The Morgan fingerprint density at radius 2 is 0.625 bits per heavy atom. The molecule has 10 nitrogen and oxygen atoms in total. The second-order valence-corrected chi connectivity index (χ2v) is 7.73. The third-order valence-electron chi connectivity index (χ3n) is 2.70. The molecule has 0 amide bonds. The summed E-state index contributed by atoms with van der Waals surface area (Å²) in [5.74, 6) is -1.44. The van der Waals surface area contributed by atoms with Gasteiger partial charge in [0.2, 0.25) is 0 Å². The van der Waals surface area contributed by atoms with Crippen molar-refractivity contribution in [3.05, 3.63) is 0 Å². The van der Waals surface area contributed by atoms with E-state index in [0.29, 0.717) is 13.1 Å². The maximum atomic E-state index is 11.0. The molecule has 0 saturated carbocycles. The second kappa shape index (κ2) is 22.0. The predicted octanol–water partition coefficient (Wildman–Crippen LogP) is 2.24. The van der Waals surface area contributed by atoms with Crippen molar-refractivity contribution >= 4 is 23.9 Å². The lowest BCUT2D eigenvalue weighted by Crippen LogP contribution is -2.16. The molecule has 0 heterocycles. The number of esters is 4. The fraction of sp³-hybridized carbons (Fsp3) is 0.818. The summed E-state index contributed by atoms with van der Waals surface area (Å²) in [6.07, 6.45) is -0.194. The highest BCUT2D eigenvalue weighted by molar-refractivity contribution is 5.78. The summed E-state index contributed by atoms with van der Waals surface area (Å²) in [7, 11) is 0. The van der Waals surface area contributed by atoms with Crippen molar-refractivity contribution in [3.63, 3.8) is 0 Å². The van der Waals surface area contributed by atoms with Crippen LogP contribution in [0.3, 0.4) is 0 Å². The number of carbonyl (C=O) groups is 4. The number of hydrogen-bond acceptors (Lipinski definition) is 10. The van der Waals surface area contributed by atoms with Crippen LogP contribution in [0.1, 0.15) is 81.1 Å². The number of carbonyl (C=O) groups excluding carboxylic acids is 4. The SMILES string of the molecule is CC(C)OC(=O)CCC(=O)OC(C)C.CC(C)OC(=O)CCC(=O)OC(C)C.NCCN. The standard InChI is InChI=1S/2C10H18O4.C2H8N2/c2*1-7(2)13-9(11)5-6-10(12)14-8(3)4;3-1-2-4/h2*7-8H,5-6H2,1-4H3;1-4H2. The molecular formula is C22H44N2O8. The Labute approximate surface area is 192 Å². The Bertz CT molecular complexity index is 430. The van der Waals surface area contributed by atoms with Gasteiger partial charge in [0.1, 0.15) is 0 Å². The van der Waals surface area contributed by atoms with Gasteiger partial charge in [-0.25, -0.2) is 0 Å². The average Bonchev–Trinajstić information content (AvgIpc) is 2.63. The Balaban J connectivity index is -0.000000450. The van der Waals surface area contributed by atoms with E-state index in [1.165, 1.54) is 0 Å². The lowest BCUT2D eigenvalue weighted by atomic mass is 10.3. The van der Waals surface area contributed by atoms with Crippen LogP contribution in [-0.2, 0) is 38.1 Å². The molecule has 0 spiro atoms. The Morgan fingerprint density at radius 3 is 0.719 bits per heavy atom. The molecule has 0 aliphatic carbocycles. The maximum Gasteiger partial charge on any atom is 0.306 e. The topological polar surface area (TPSA) is 157 Å². The van der Waals surface area contributed by atoms with Crippen molar-refractivity contribution in [2.45, 2.75) is 105 Å². The van der Waals surface area contributed by atoms with Crippen molar-refractivity contribution < 1.29 is 38.1 Å². The summed E-state index contributed by atoms with van der Waals surface area (Å²) in [6, 6.07) is 0. The van der Waals surface area contributed by atoms with E-state index in [0.717, 1.165) is 0 Å². The lowest BCUT2D eigenvalue weighted by Gasteiger charge is -2.09. The summed E-state index contributed by atoms with van der Waals surface area (Å²) in [5.41, 5.74) is 9.81. The van der Waals surface area contributed by atoms with Gasteiger partial charge < -0.3 is 30.4 Å². The molecule has 0 fully saturated rings. The fourth-order valence-corrected chi connectivity index (χ4v) is 1.70. The van der Waals surface area contributed by atoms with Crippen LogP contribution >= 0.6 is 0 Å². The Hall–Kier alpha value is -2.20. The van der Waals surface area contributed by atoms with E-state index in [9.17, 15) is 19.2 Å². The zero-order valence-electron chi connectivity index (χ0n) is 21.0. The summed E-state index contributed by atoms with van der Waals surface area (Å²) in [4.78, 5) is 44.1. The average molecular weight is 465 g/mol. The Kier molecular flexibility index (Phi) is 23.7. The predicted molar refractivity (Wildman–Crippen MR) is 121 cm³/mol.